The van der Waals surface area contributed by atoms with Crippen LogP contribution in [-0.2, 0) is 11.2 Å². The van der Waals surface area contributed by atoms with Gasteiger partial charge in [0.25, 0.3) is 5.91 Å². The Morgan fingerprint density at radius 1 is 1.22 bits per heavy atom. The summed E-state index contributed by atoms with van der Waals surface area (Å²) in [7, 11) is 0. The first-order valence-electron chi connectivity index (χ1n) is 8.53. The van der Waals surface area contributed by atoms with Gasteiger partial charge in [-0.15, -0.1) is 11.3 Å². The number of thiazole rings is 1. The van der Waals surface area contributed by atoms with Crippen molar-refractivity contribution in [2.24, 2.45) is 0 Å². The van der Waals surface area contributed by atoms with Gasteiger partial charge in [-0.25, -0.2) is 4.98 Å². The minimum Gasteiger partial charge on any atom is -0.481 e. The second-order valence-electron chi connectivity index (χ2n) is 6.06. The number of ether oxygens (including phenoxy) is 3. The zero-order chi connectivity index (χ0) is 18.6. The Bertz CT molecular complexity index is 942. The van der Waals surface area contributed by atoms with Gasteiger partial charge in [0.05, 0.1) is 0 Å². The third-order valence-electron chi connectivity index (χ3n) is 4.03. The average molecular weight is 382 g/mol. The lowest BCUT2D eigenvalue weighted by Crippen LogP contribution is -2.30. The van der Waals surface area contributed by atoms with Crippen molar-refractivity contribution in [1.82, 2.24) is 4.98 Å². The first-order valence-corrected chi connectivity index (χ1v) is 9.35. The van der Waals surface area contributed by atoms with Crippen molar-refractivity contribution >= 4 is 22.4 Å². The van der Waals surface area contributed by atoms with E-state index in [1.165, 1.54) is 16.9 Å². The van der Waals surface area contributed by atoms with E-state index in [-0.39, 0.29) is 12.7 Å². The number of nitrogens with one attached hydrogen (secondary N) is 1. The fourth-order valence-electron chi connectivity index (χ4n) is 2.66. The third-order valence-corrected chi connectivity index (χ3v) is 4.94. The highest BCUT2D eigenvalue weighted by Crippen LogP contribution is 2.35. The lowest BCUT2D eigenvalue weighted by Gasteiger charge is -2.14. The predicted octanol–water partition coefficient (Wildman–Crippen LogP) is 3.87. The molecule has 1 atom stereocenters. The van der Waals surface area contributed by atoms with Crippen molar-refractivity contribution in [3.8, 4) is 17.2 Å². The summed E-state index contributed by atoms with van der Waals surface area (Å²) >= 11 is 1.46. The summed E-state index contributed by atoms with van der Waals surface area (Å²) in [6.45, 7) is 1.89. The van der Waals surface area contributed by atoms with Crippen LogP contribution in [0.25, 0.3) is 0 Å². The maximum atomic E-state index is 12.4. The van der Waals surface area contributed by atoms with E-state index in [1.807, 2.05) is 18.2 Å². The van der Waals surface area contributed by atoms with E-state index in [2.05, 4.69) is 22.4 Å². The number of benzene rings is 2. The minimum atomic E-state index is -0.674. The largest absolute Gasteiger partial charge is 0.481 e. The number of nitrogens with zero attached hydrogens (tertiary/aromatic N) is 1. The summed E-state index contributed by atoms with van der Waals surface area (Å²) in [5.74, 6) is 1.58. The molecule has 6 nitrogen and oxygen atoms in total. The van der Waals surface area contributed by atoms with Gasteiger partial charge in [-0.3, -0.25) is 10.1 Å². The summed E-state index contributed by atoms with van der Waals surface area (Å²) < 4.78 is 16.3. The van der Waals surface area contributed by atoms with Crippen LogP contribution in [0.3, 0.4) is 0 Å². The van der Waals surface area contributed by atoms with Crippen LogP contribution in [0.15, 0.2) is 54.7 Å². The van der Waals surface area contributed by atoms with E-state index in [4.69, 9.17) is 14.2 Å². The zero-order valence-electron chi connectivity index (χ0n) is 14.7. The molecule has 0 aliphatic carbocycles. The number of fused-ring (bicyclic) bond motifs is 1. The molecule has 138 valence electrons. The highest BCUT2D eigenvalue weighted by molar-refractivity contribution is 7.15. The van der Waals surface area contributed by atoms with Crippen LogP contribution >= 0.6 is 11.3 Å². The van der Waals surface area contributed by atoms with Crippen LogP contribution in [0.5, 0.6) is 17.2 Å². The third kappa shape index (κ3) is 4.20. The second kappa shape index (κ2) is 7.67. The van der Waals surface area contributed by atoms with Crippen LogP contribution in [0, 0.1) is 0 Å². The molecule has 0 spiro atoms. The summed E-state index contributed by atoms with van der Waals surface area (Å²) in [5.41, 5.74) is 1.21. The maximum absolute atomic E-state index is 12.4. The van der Waals surface area contributed by atoms with Crippen molar-refractivity contribution < 1.29 is 19.0 Å². The fraction of sp³-hybridized carbons (Fsp3) is 0.200. The van der Waals surface area contributed by atoms with E-state index in [9.17, 15) is 4.79 Å². The Morgan fingerprint density at radius 3 is 2.89 bits per heavy atom. The highest BCUT2D eigenvalue weighted by Gasteiger charge is 2.19. The standard InChI is InChI=1S/C20H18N2O4S/c1-13(26-15-7-8-17-18(10-15)25-12-24-17)19(23)22-20-21-11-16(27-20)9-14-5-3-2-4-6-14/h2-8,10-11,13H,9,12H2,1H3,(H,21,22,23)/t13-/m1/s1. The molecule has 0 bridgehead atoms. The second-order valence-corrected chi connectivity index (χ2v) is 7.17. The van der Waals surface area contributed by atoms with E-state index in [0.29, 0.717) is 22.4 Å². The summed E-state index contributed by atoms with van der Waals surface area (Å²) in [6, 6.07) is 15.4. The molecule has 1 aliphatic heterocycles. The van der Waals surface area contributed by atoms with Gasteiger partial charge in [0, 0.05) is 23.6 Å². The predicted molar refractivity (Wildman–Crippen MR) is 103 cm³/mol. The van der Waals surface area contributed by atoms with E-state index in [1.54, 1.807) is 31.3 Å². The molecule has 2 aromatic carbocycles. The van der Waals surface area contributed by atoms with E-state index in [0.717, 1.165) is 11.3 Å². The van der Waals surface area contributed by atoms with Gasteiger partial charge in [0.2, 0.25) is 6.79 Å². The number of carbonyl (C=O) groups is 1. The van der Waals surface area contributed by atoms with Gasteiger partial charge in [0.15, 0.2) is 22.7 Å². The minimum absolute atomic E-state index is 0.199. The van der Waals surface area contributed by atoms with Gasteiger partial charge in [-0.2, -0.15) is 0 Å². The topological polar surface area (TPSA) is 69.7 Å². The molecule has 1 aromatic heterocycles. The summed E-state index contributed by atoms with van der Waals surface area (Å²) in [6.07, 6.45) is 1.90. The van der Waals surface area contributed by atoms with Gasteiger partial charge in [0.1, 0.15) is 5.75 Å². The molecule has 27 heavy (non-hydrogen) atoms. The Hall–Kier alpha value is -3.06. The van der Waals surface area contributed by atoms with Crippen molar-refractivity contribution in [2.75, 3.05) is 12.1 Å². The molecular formula is C20H18N2O4S. The van der Waals surface area contributed by atoms with Gasteiger partial charge < -0.3 is 14.2 Å². The lowest BCUT2D eigenvalue weighted by atomic mass is 10.1. The molecule has 3 aromatic rings. The van der Waals surface area contributed by atoms with Crippen LogP contribution in [0.4, 0.5) is 5.13 Å². The number of rotatable bonds is 6. The molecule has 0 fully saturated rings. The highest BCUT2D eigenvalue weighted by atomic mass is 32.1. The number of carbonyl (C=O) groups excluding carboxylic acids is 1. The number of hydrogen-bond acceptors (Lipinski definition) is 6. The van der Waals surface area contributed by atoms with Crippen LogP contribution in [-0.4, -0.2) is 23.8 Å². The van der Waals surface area contributed by atoms with Gasteiger partial charge in [-0.05, 0) is 24.6 Å². The first-order chi connectivity index (χ1) is 13.2. The molecule has 1 amide bonds. The molecule has 1 N–H and O–H groups in total. The van der Waals surface area contributed by atoms with Crippen LogP contribution in [0.1, 0.15) is 17.4 Å². The Labute approximate surface area is 160 Å². The summed E-state index contributed by atoms with van der Waals surface area (Å²) in [4.78, 5) is 17.8. The average Bonchev–Trinajstić information content (AvgIpc) is 3.31. The summed E-state index contributed by atoms with van der Waals surface area (Å²) in [5, 5.41) is 3.37. The number of hydrogen-bond donors (Lipinski definition) is 1. The molecule has 0 radical (unpaired) electrons. The fourth-order valence-corrected chi connectivity index (χ4v) is 3.51. The Balaban J connectivity index is 1.34. The van der Waals surface area contributed by atoms with Crippen molar-refractivity contribution in [3.63, 3.8) is 0 Å². The molecular weight excluding hydrogens is 364 g/mol. The van der Waals surface area contributed by atoms with Crippen LogP contribution in [0.2, 0.25) is 0 Å². The van der Waals surface area contributed by atoms with Crippen molar-refractivity contribution in [1.29, 1.82) is 0 Å². The number of aromatic nitrogens is 1. The van der Waals surface area contributed by atoms with Gasteiger partial charge >= 0.3 is 0 Å². The molecule has 0 saturated heterocycles. The number of anilines is 1. The van der Waals surface area contributed by atoms with Crippen LogP contribution < -0.4 is 19.5 Å². The molecule has 1 aliphatic rings. The molecule has 4 rings (SSSR count). The molecule has 0 unspecified atom stereocenters. The maximum Gasteiger partial charge on any atom is 0.266 e. The smallest absolute Gasteiger partial charge is 0.266 e. The van der Waals surface area contributed by atoms with E-state index >= 15 is 0 Å². The SMILES string of the molecule is C[C@@H](Oc1ccc2c(c1)OCO2)C(=O)Nc1ncc(Cc2ccccc2)s1. The van der Waals surface area contributed by atoms with E-state index < -0.39 is 6.10 Å². The zero-order valence-corrected chi connectivity index (χ0v) is 15.5. The number of amides is 1. The van der Waals surface area contributed by atoms with Crippen molar-refractivity contribution in [2.45, 2.75) is 19.4 Å². The quantitative estimate of drug-likeness (QED) is 0.701. The van der Waals surface area contributed by atoms with Gasteiger partial charge in [-0.1, -0.05) is 30.3 Å². The Morgan fingerprint density at radius 2 is 2.04 bits per heavy atom. The molecule has 7 heteroatoms. The molecule has 0 saturated carbocycles. The molecule has 2 heterocycles. The lowest BCUT2D eigenvalue weighted by molar-refractivity contribution is -0.122. The normalized spacial score (nSPS) is 13.2. The first kappa shape index (κ1) is 17.4. The van der Waals surface area contributed by atoms with Crippen molar-refractivity contribution in [3.05, 3.63) is 65.2 Å². The Kier molecular flexibility index (Phi) is 4.93. The monoisotopic (exact) mass is 382 g/mol.